The highest BCUT2D eigenvalue weighted by Crippen LogP contribution is 2.43. The molecular formula is C52H45N7O7S2. The van der Waals surface area contributed by atoms with Crippen molar-refractivity contribution < 1.29 is 33.5 Å². The maximum atomic E-state index is 14.5. The van der Waals surface area contributed by atoms with E-state index in [2.05, 4.69) is 57.2 Å². The summed E-state index contributed by atoms with van der Waals surface area (Å²) in [6.07, 6.45) is 4.27. The second-order valence-corrected chi connectivity index (χ2v) is 17.7. The van der Waals surface area contributed by atoms with Gasteiger partial charge in [-0.1, -0.05) is 157 Å². The van der Waals surface area contributed by atoms with Crippen molar-refractivity contribution in [1.82, 2.24) is 24.8 Å². The minimum absolute atomic E-state index is 0.0342. The first-order valence-corrected chi connectivity index (χ1v) is 23.7. The van der Waals surface area contributed by atoms with Crippen molar-refractivity contribution in [2.75, 3.05) is 24.3 Å². The third-order valence-electron chi connectivity index (χ3n) is 11.4. The number of carbonyl (C=O) groups excluding carboxylic acids is 4. The topological polar surface area (TPSA) is 166 Å². The molecule has 1 fully saturated rings. The highest BCUT2D eigenvalue weighted by Gasteiger charge is 2.55. The maximum Gasteiger partial charge on any atom is 0.356 e. The average Bonchev–Trinajstić information content (AvgIpc) is 4.09. The molecule has 2 amide bonds. The number of hydrogen-bond donors (Lipinski definition) is 2. The molecule has 2 aliphatic rings. The normalized spacial score (nSPS) is 15.8. The molecule has 2 atom stereocenters. The number of thioether (sulfide) groups is 1. The van der Waals surface area contributed by atoms with Crippen LogP contribution in [0, 0.1) is 0 Å². The van der Waals surface area contributed by atoms with E-state index in [0.29, 0.717) is 17.2 Å². The van der Waals surface area contributed by atoms with Gasteiger partial charge in [-0.15, -0.1) is 23.1 Å². The molecule has 2 aliphatic heterocycles. The lowest BCUT2D eigenvalue weighted by molar-refractivity contribution is -0.154. The van der Waals surface area contributed by atoms with E-state index in [4.69, 9.17) is 19.3 Å². The number of ether oxygens (including phenoxy) is 2. The summed E-state index contributed by atoms with van der Waals surface area (Å²) >= 11 is 2.61. The van der Waals surface area contributed by atoms with Gasteiger partial charge in [0.15, 0.2) is 16.9 Å². The molecule has 2 aromatic heterocycles. The fraction of sp³-hybridized carbons (Fsp3) is 0.173. The van der Waals surface area contributed by atoms with Crippen LogP contribution < -0.4 is 10.6 Å². The molecular weight excluding hydrogens is 899 g/mol. The van der Waals surface area contributed by atoms with Gasteiger partial charge in [-0.05, 0) is 27.8 Å². The Bertz CT molecular complexity index is 2780. The van der Waals surface area contributed by atoms with E-state index in [9.17, 15) is 19.2 Å². The van der Waals surface area contributed by atoms with Gasteiger partial charge in [0, 0.05) is 36.0 Å². The van der Waals surface area contributed by atoms with Crippen molar-refractivity contribution in [3.8, 4) is 0 Å². The van der Waals surface area contributed by atoms with E-state index < -0.39 is 46.8 Å². The summed E-state index contributed by atoms with van der Waals surface area (Å²) in [6.45, 7) is 1.55. The Balaban J connectivity index is 1.00. The molecule has 68 heavy (non-hydrogen) atoms. The van der Waals surface area contributed by atoms with Gasteiger partial charge in [-0.25, -0.2) is 14.8 Å². The number of carbonyl (C=O) groups is 4. The van der Waals surface area contributed by atoms with Crippen LogP contribution in [0.3, 0.4) is 0 Å². The number of anilines is 1. The zero-order chi connectivity index (χ0) is 46.9. The van der Waals surface area contributed by atoms with E-state index in [0.717, 1.165) is 27.8 Å². The summed E-state index contributed by atoms with van der Waals surface area (Å²) in [5.74, 6) is -2.38. The predicted molar refractivity (Wildman–Crippen MR) is 259 cm³/mol. The summed E-state index contributed by atoms with van der Waals surface area (Å²) < 4.78 is 13.4. The molecule has 9 rings (SSSR count). The molecule has 0 radical (unpaired) electrons. The molecule has 1 saturated heterocycles. The minimum Gasteiger partial charge on any atom is -0.461 e. The number of nitrogens with one attached hydrogen (secondary N) is 2. The molecule has 4 heterocycles. The van der Waals surface area contributed by atoms with Crippen molar-refractivity contribution in [2.24, 2.45) is 5.16 Å². The van der Waals surface area contributed by atoms with Gasteiger partial charge in [0.05, 0.1) is 12.9 Å². The monoisotopic (exact) mass is 943 g/mol. The molecule has 14 nitrogen and oxygen atoms in total. The second-order valence-electron chi connectivity index (χ2n) is 15.8. The number of thiazole rings is 1. The summed E-state index contributed by atoms with van der Waals surface area (Å²) in [4.78, 5) is 71.3. The number of nitrogens with zero attached hydrogens (tertiary/aromatic N) is 5. The first-order chi connectivity index (χ1) is 33.3. The van der Waals surface area contributed by atoms with Crippen LogP contribution in [0.1, 0.15) is 46.5 Å². The SMILES string of the molecule is CC(=O)OCC1=C(C(=O)OC(c2ccccc2)c2ccccc2)N2C(=O)C(NC(=O)C(=NOCCn3ccnc3)c3csc(NC(c4ccccc4)(c4ccccc4)c4ccccc4)n3)[C@H]2SC1. The number of esters is 2. The number of fused-ring (bicyclic) bond motifs is 1. The number of aromatic nitrogens is 3. The van der Waals surface area contributed by atoms with Crippen molar-refractivity contribution in [2.45, 2.75) is 36.5 Å². The zero-order valence-corrected chi connectivity index (χ0v) is 38.3. The maximum absolute atomic E-state index is 14.5. The number of amides is 2. The van der Waals surface area contributed by atoms with Gasteiger partial charge < -0.3 is 29.5 Å². The van der Waals surface area contributed by atoms with Crippen LogP contribution in [0.25, 0.3) is 0 Å². The highest BCUT2D eigenvalue weighted by molar-refractivity contribution is 8.00. The van der Waals surface area contributed by atoms with Crippen molar-refractivity contribution in [3.63, 3.8) is 0 Å². The lowest BCUT2D eigenvalue weighted by Crippen LogP contribution is -2.71. The Morgan fingerprint density at radius 2 is 1.40 bits per heavy atom. The standard InChI is InChI=1S/C52H45N7O7S2/c1-35(60)64-31-38-32-67-49-44(48(62)59(49)45(38)50(63)66-46(36-17-7-2-8-18-36)37-19-9-3-10-20-37)55-47(61)43(57-65-30-29-58-28-27-53-34-58)42-33-68-51(54-42)56-52(39-21-11-4-12-22-39,40-23-13-5-14-24-40)41-25-15-6-16-26-41/h2-28,33-34,44,46,49H,29-32H2,1H3,(H,54,56)(H,55,61)/t44?,49-/m1/s1. The third kappa shape index (κ3) is 9.68. The first-order valence-electron chi connectivity index (χ1n) is 21.8. The molecule has 0 saturated carbocycles. The number of oxime groups is 1. The van der Waals surface area contributed by atoms with Crippen LogP contribution in [0.4, 0.5) is 5.13 Å². The summed E-state index contributed by atoms with van der Waals surface area (Å²) in [7, 11) is 0. The smallest absolute Gasteiger partial charge is 0.356 e. The van der Waals surface area contributed by atoms with Crippen LogP contribution in [-0.2, 0) is 45.6 Å². The Hall–Kier alpha value is -7.82. The van der Waals surface area contributed by atoms with Crippen LogP contribution in [-0.4, -0.2) is 79.3 Å². The molecule has 0 bridgehead atoms. The number of benzene rings is 5. The summed E-state index contributed by atoms with van der Waals surface area (Å²) in [6, 6.07) is 47.7. The number of β-lactam (4-membered cyclic amide) rings is 1. The molecule has 16 heteroatoms. The van der Waals surface area contributed by atoms with Gasteiger partial charge >= 0.3 is 11.9 Å². The quantitative estimate of drug-likeness (QED) is 0.0216. The molecule has 0 aliphatic carbocycles. The Morgan fingerprint density at radius 1 is 0.824 bits per heavy atom. The fourth-order valence-corrected chi connectivity index (χ4v) is 10.3. The van der Waals surface area contributed by atoms with E-state index in [1.165, 1.54) is 34.9 Å². The van der Waals surface area contributed by atoms with Crippen LogP contribution in [0.15, 0.2) is 192 Å². The first kappa shape index (κ1) is 45.3. The largest absolute Gasteiger partial charge is 0.461 e. The third-order valence-corrected chi connectivity index (χ3v) is 13.5. The van der Waals surface area contributed by atoms with E-state index in [1.54, 1.807) is 24.1 Å². The Labute approximate surface area is 400 Å². The number of rotatable bonds is 18. The van der Waals surface area contributed by atoms with Crippen LogP contribution in [0.5, 0.6) is 0 Å². The fourth-order valence-electron chi connectivity index (χ4n) is 8.19. The molecule has 5 aromatic carbocycles. The van der Waals surface area contributed by atoms with Crippen LogP contribution in [0.2, 0.25) is 0 Å². The summed E-state index contributed by atoms with van der Waals surface area (Å²) in [5.41, 5.74) is 3.86. The Kier molecular flexibility index (Phi) is 13.9. The van der Waals surface area contributed by atoms with Gasteiger partial charge in [0.2, 0.25) is 0 Å². The Morgan fingerprint density at radius 3 is 1.94 bits per heavy atom. The van der Waals surface area contributed by atoms with Gasteiger partial charge in [-0.3, -0.25) is 19.3 Å². The second kappa shape index (κ2) is 20.8. The number of imidazole rings is 1. The minimum atomic E-state index is -1.07. The van der Waals surface area contributed by atoms with Crippen molar-refractivity contribution >= 4 is 57.7 Å². The zero-order valence-electron chi connectivity index (χ0n) is 36.7. The van der Waals surface area contributed by atoms with Gasteiger partial charge in [0.25, 0.3) is 11.8 Å². The molecule has 1 unspecified atom stereocenters. The average molecular weight is 944 g/mol. The predicted octanol–water partition coefficient (Wildman–Crippen LogP) is 7.71. The van der Waals surface area contributed by atoms with Gasteiger partial charge in [-0.2, -0.15) is 0 Å². The van der Waals surface area contributed by atoms with E-state index >= 15 is 0 Å². The van der Waals surface area contributed by atoms with Gasteiger partial charge in [0.1, 0.15) is 41.6 Å². The summed E-state index contributed by atoms with van der Waals surface area (Å²) in [5, 5.41) is 12.4. The molecule has 2 N–H and O–H groups in total. The van der Waals surface area contributed by atoms with E-state index in [-0.39, 0.29) is 36.1 Å². The van der Waals surface area contributed by atoms with E-state index in [1.807, 2.05) is 120 Å². The molecule has 342 valence electrons. The molecule has 7 aromatic rings. The van der Waals surface area contributed by atoms with Crippen LogP contribution >= 0.6 is 23.1 Å². The van der Waals surface area contributed by atoms with Crippen molar-refractivity contribution in [1.29, 1.82) is 0 Å². The lowest BCUT2D eigenvalue weighted by Gasteiger charge is -2.49. The molecule has 0 spiro atoms. The number of hydrogen-bond acceptors (Lipinski definition) is 13. The van der Waals surface area contributed by atoms with Crippen molar-refractivity contribution in [3.05, 3.63) is 221 Å². The lowest BCUT2D eigenvalue weighted by atomic mass is 9.77. The highest BCUT2D eigenvalue weighted by atomic mass is 32.2.